The number of hydrogen-bond acceptors (Lipinski definition) is 15. The fraction of sp³-hybridized carbons (Fsp3) is 0.944. The van der Waals surface area contributed by atoms with Gasteiger partial charge in [-0.3, -0.25) is 37.3 Å². The van der Waals surface area contributed by atoms with Crippen LogP contribution in [-0.2, 0) is 65.4 Å². The summed E-state index contributed by atoms with van der Waals surface area (Å²) in [6, 6.07) is 0. The fourth-order valence-electron chi connectivity index (χ4n) is 10.6. The molecule has 0 bridgehead atoms. The first-order valence-corrected chi connectivity index (χ1v) is 39.8. The summed E-state index contributed by atoms with van der Waals surface area (Å²) < 4.78 is 68.3. The van der Waals surface area contributed by atoms with E-state index in [-0.39, 0.29) is 25.7 Å². The number of ether oxygens (including phenoxy) is 4. The summed E-state index contributed by atoms with van der Waals surface area (Å²) >= 11 is 0. The molecule has 0 aliphatic rings. The Morgan fingerprint density at radius 3 is 0.789 bits per heavy atom. The summed E-state index contributed by atoms with van der Waals surface area (Å²) in [6.45, 7) is 14.1. The largest absolute Gasteiger partial charge is 0.472 e. The first-order valence-electron chi connectivity index (χ1n) is 36.8. The first-order chi connectivity index (χ1) is 43.2. The molecule has 19 heteroatoms. The second kappa shape index (κ2) is 60.7. The van der Waals surface area contributed by atoms with E-state index in [1.165, 1.54) is 148 Å². The molecular formula is C71H138O17P2. The average molecular weight is 1330 g/mol. The highest BCUT2D eigenvalue weighted by atomic mass is 31.2. The lowest BCUT2D eigenvalue weighted by Gasteiger charge is -2.21. The van der Waals surface area contributed by atoms with Gasteiger partial charge in [-0.1, -0.05) is 299 Å². The molecule has 0 aromatic heterocycles. The Hall–Kier alpha value is -1.94. The Morgan fingerprint density at radius 2 is 0.533 bits per heavy atom. The highest BCUT2D eigenvalue weighted by molar-refractivity contribution is 7.47. The second-order valence-electron chi connectivity index (χ2n) is 27.1. The molecule has 0 aliphatic heterocycles. The zero-order valence-electron chi connectivity index (χ0n) is 58.8. The minimum atomic E-state index is -4.95. The molecule has 7 atom stereocenters. The predicted molar refractivity (Wildman–Crippen MR) is 363 cm³/mol. The molecule has 4 unspecified atom stereocenters. The standard InChI is InChI=1S/C71H138O17P2/c1-9-63(7)49-41-33-27-29-36-44-52-69(74)82-58-66(87-70(75)53-45-37-26-20-18-16-14-12-11-13-15-17-19-23-31-39-47-61(3)4)59-85-89(77,78)83-55-65(72)56-84-90(79,80)86-60-67(88-71(76)54-46-38-30-28-34-42-50-64(8)10-2)57-81-68(73)51-43-35-25-22-21-24-32-40-48-62(5)6/h61-67,72H,9-60H2,1-8H3,(H,77,78)(H,79,80)/t63?,64?,65-,66+,67+/m0/s1. The smallest absolute Gasteiger partial charge is 0.462 e. The van der Waals surface area contributed by atoms with Crippen LogP contribution in [0.15, 0.2) is 0 Å². The third-order valence-corrected chi connectivity index (χ3v) is 18.9. The molecule has 0 saturated heterocycles. The van der Waals surface area contributed by atoms with Crippen LogP contribution in [0.4, 0.5) is 0 Å². The maximum Gasteiger partial charge on any atom is 0.472 e. The minimum absolute atomic E-state index is 0.102. The van der Waals surface area contributed by atoms with Gasteiger partial charge in [-0.15, -0.1) is 0 Å². The molecule has 3 N–H and O–H groups in total. The number of esters is 4. The van der Waals surface area contributed by atoms with E-state index in [0.717, 1.165) is 120 Å². The zero-order chi connectivity index (χ0) is 66.8. The Labute approximate surface area is 549 Å². The van der Waals surface area contributed by atoms with Gasteiger partial charge in [0.1, 0.15) is 19.3 Å². The van der Waals surface area contributed by atoms with Crippen molar-refractivity contribution in [2.24, 2.45) is 23.7 Å². The molecule has 0 spiro atoms. The summed E-state index contributed by atoms with van der Waals surface area (Å²) in [4.78, 5) is 72.5. The maximum absolute atomic E-state index is 13.0. The predicted octanol–water partition coefficient (Wildman–Crippen LogP) is 20.1. The van der Waals surface area contributed by atoms with E-state index < -0.39 is 97.5 Å². The van der Waals surface area contributed by atoms with Crippen molar-refractivity contribution in [3.8, 4) is 0 Å². The number of carbonyl (C=O) groups is 4. The number of rotatable bonds is 68. The van der Waals surface area contributed by atoms with Crippen molar-refractivity contribution < 1.29 is 80.2 Å². The quantitative estimate of drug-likeness (QED) is 0.0222. The van der Waals surface area contributed by atoms with Crippen molar-refractivity contribution in [3.05, 3.63) is 0 Å². The number of carbonyl (C=O) groups excluding carboxylic acids is 4. The van der Waals surface area contributed by atoms with Crippen LogP contribution in [0.5, 0.6) is 0 Å². The average Bonchev–Trinajstić information content (AvgIpc) is 3.72. The van der Waals surface area contributed by atoms with Gasteiger partial charge in [0.2, 0.25) is 0 Å². The topological polar surface area (TPSA) is 237 Å². The van der Waals surface area contributed by atoms with Crippen LogP contribution in [0, 0.1) is 23.7 Å². The molecule has 0 amide bonds. The summed E-state index contributed by atoms with van der Waals surface area (Å²) in [5, 5.41) is 10.6. The lowest BCUT2D eigenvalue weighted by Crippen LogP contribution is -2.30. The first kappa shape index (κ1) is 88.1. The van der Waals surface area contributed by atoms with Gasteiger partial charge in [0.15, 0.2) is 12.2 Å². The number of phosphoric ester groups is 2. The van der Waals surface area contributed by atoms with Crippen LogP contribution in [0.1, 0.15) is 351 Å². The third kappa shape index (κ3) is 62.2. The van der Waals surface area contributed by atoms with E-state index in [1.807, 2.05) is 0 Å². The molecule has 0 radical (unpaired) electrons. The number of phosphoric acid groups is 2. The molecule has 534 valence electrons. The van der Waals surface area contributed by atoms with Crippen molar-refractivity contribution in [1.82, 2.24) is 0 Å². The monoisotopic (exact) mass is 1320 g/mol. The van der Waals surface area contributed by atoms with Crippen LogP contribution in [0.25, 0.3) is 0 Å². The van der Waals surface area contributed by atoms with Crippen molar-refractivity contribution in [2.45, 2.75) is 369 Å². The molecule has 0 saturated carbocycles. The molecular weight excluding hydrogens is 1190 g/mol. The van der Waals surface area contributed by atoms with Gasteiger partial charge in [0.05, 0.1) is 26.4 Å². The summed E-state index contributed by atoms with van der Waals surface area (Å²) in [5.41, 5.74) is 0. The molecule has 0 fully saturated rings. The van der Waals surface area contributed by atoms with Gasteiger partial charge in [0, 0.05) is 25.7 Å². The summed E-state index contributed by atoms with van der Waals surface area (Å²) in [6.07, 6.45) is 43.2. The van der Waals surface area contributed by atoms with Crippen LogP contribution in [0.2, 0.25) is 0 Å². The lowest BCUT2D eigenvalue weighted by atomic mass is 10.00. The van der Waals surface area contributed by atoms with Gasteiger partial charge in [-0.25, -0.2) is 9.13 Å². The Morgan fingerprint density at radius 1 is 0.311 bits per heavy atom. The SMILES string of the molecule is CCC(C)CCCCCCCCC(=O)OC[C@H](COP(=O)(O)OC[C@H](O)COP(=O)(O)OC[C@@H](COC(=O)CCCCCCCCCCC(C)C)OC(=O)CCCCCCCCC(C)CC)OC(=O)CCCCCCCCCCCCCCCCCCC(C)C. The second-order valence-corrected chi connectivity index (χ2v) is 30.0. The highest BCUT2D eigenvalue weighted by Gasteiger charge is 2.30. The van der Waals surface area contributed by atoms with Gasteiger partial charge in [-0.05, 0) is 49.4 Å². The third-order valence-electron chi connectivity index (χ3n) is 17.0. The van der Waals surface area contributed by atoms with Gasteiger partial charge >= 0.3 is 39.5 Å². The van der Waals surface area contributed by atoms with Gasteiger partial charge in [-0.2, -0.15) is 0 Å². The van der Waals surface area contributed by atoms with Crippen LogP contribution >= 0.6 is 15.6 Å². The summed E-state index contributed by atoms with van der Waals surface area (Å²) in [7, 11) is -9.90. The van der Waals surface area contributed by atoms with Crippen LogP contribution < -0.4 is 0 Å². The number of unbranched alkanes of at least 4 members (excludes halogenated alkanes) is 32. The molecule has 90 heavy (non-hydrogen) atoms. The Bertz CT molecular complexity index is 1790. The number of aliphatic hydroxyl groups excluding tert-OH is 1. The molecule has 0 rings (SSSR count). The normalized spacial score (nSPS) is 14.9. The highest BCUT2D eigenvalue weighted by Crippen LogP contribution is 2.45. The number of hydrogen-bond donors (Lipinski definition) is 3. The van der Waals surface area contributed by atoms with Crippen molar-refractivity contribution >= 4 is 39.5 Å². The van der Waals surface area contributed by atoms with E-state index in [0.29, 0.717) is 25.7 Å². The zero-order valence-corrected chi connectivity index (χ0v) is 60.6. The Kier molecular flexibility index (Phi) is 59.4. The van der Waals surface area contributed by atoms with Crippen LogP contribution in [-0.4, -0.2) is 96.7 Å². The minimum Gasteiger partial charge on any atom is -0.462 e. The van der Waals surface area contributed by atoms with Crippen molar-refractivity contribution in [3.63, 3.8) is 0 Å². The Balaban J connectivity index is 5.20. The molecule has 0 aliphatic carbocycles. The number of aliphatic hydroxyl groups is 1. The lowest BCUT2D eigenvalue weighted by molar-refractivity contribution is -0.161. The molecule has 17 nitrogen and oxygen atoms in total. The van der Waals surface area contributed by atoms with E-state index >= 15 is 0 Å². The van der Waals surface area contributed by atoms with Gasteiger partial charge < -0.3 is 33.8 Å². The van der Waals surface area contributed by atoms with Crippen molar-refractivity contribution in [2.75, 3.05) is 39.6 Å². The van der Waals surface area contributed by atoms with E-state index in [4.69, 9.17) is 37.0 Å². The van der Waals surface area contributed by atoms with Gasteiger partial charge in [0.25, 0.3) is 0 Å². The van der Waals surface area contributed by atoms with Crippen molar-refractivity contribution in [1.29, 1.82) is 0 Å². The summed E-state index contributed by atoms with van der Waals surface area (Å²) in [5.74, 6) is 0.854. The van der Waals surface area contributed by atoms with E-state index in [9.17, 15) is 43.2 Å². The molecule has 0 heterocycles. The molecule has 0 aromatic rings. The maximum atomic E-state index is 13.0. The fourth-order valence-corrected chi connectivity index (χ4v) is 12.2. The van der Waals surface area contributed by atoms with E-state index in [2.05, 4.69) is 55.4 Å². The van der Waals surface area contributed by atoms with E-state index in [1.54, 1.807) is 0 Å². The molecule has 0 aromatic carbocycles. The van der Waals surface area contributed by atoms with Crippen LogP contribution in [0.3, 0.4) is 0 Å².